The normalized spacial score (nSPS) is 16.0. The minimum Gasteiger partial charge on any atom is -0.373 e. The molecule has 0 aliphatic carbocycles. The first-order valence-electron chi connectivity index (χ1n) is 6.48. The van der Waals surface area contributed by atoms with Crippen LogP contribution in [0.2, 0.25) is 0 Å². The summed E-state index contributed by atoms with van der Waals surface area (Å²) in [4.78, 5) is 16.1. The van der Waals surface area contributed by atoms with Crippen molar-refractivity contribution >= 4 is 11.6 Å². The number of carbonyl (C=O) groups is 1. The number of amides is 1. The van der Waals surface area contributed by atoms with E-state index in [9.17, 15) is 4.79 Å². The van der Waals surface area contributed by atoms with Gasteiger partial charge in [0.25, 0.3) is 0 Å². The Kier molecular flexibility index (Phi) is 4.20. The maximum Gasteiger partial charge on any atom is 0.234 e. The standard InChI is InChI=1S/C14H21N3O/c1-3-15-14(18)11-17-9-8-16(2)13-7-5-4-6-12(13)10-17/h4-7H,3,8-11H2,1-2H3,(H,15,18). The van der Waals surface area contributed by atoms with Crippen LogP contribution < -0.4 is 10.2 Å². The van der Waals surface area contributed by atoms with Gasteiger partial charge in [0.15, 0.2) is 0 Å². The second-order valence-corrected chi connectivity index (χ2v) is 4.71. The van der Waals surface area contributed by atoms with E-state index in [1.807, 2.05) is 6.92 Å². The quantitative estimate of drug-likeness (QED) is 0.868. The summed E-state index contributed by atoms with van der Waals surface area (Å²) < 4.78 is 0. The third-order valence-corrected chi connectivity index (χ3v) is 3.29. The molecular formula is C14H21N3O. The van der Waals surface area contributed by atoms with Crippen LogP contribution in [0.4, 0.5) is 5.69 Å². The summed E-state index contributed by atoms with van der Waals surface area (Å²) in [5, 5.41) is 2.85. The molecule has 98 valence electrons. The zero-order valence-electron chi connectivity index (χ0n) is 11.1. The molecule has 0 saturated carbocycles. The third kappa shape index (κ3) is 3.01. The highest BCUT2D eigenvalue weighted by atomic mass is 16.2. The van der Waals surface area contributed by atoms with Crippen molar-refractivity contribution in [3.8, 4) is 0 Å². The monoisotopic (exact) mass is 247 g/mol. The zero-order chi connectivity index (χ0) is 13.0. The molecule has 0 atom stereocenters. The largest absolute Gasteiger partial charge is 0.373 e. The Bertz CT molecular complexity index is 419. The number of nitrogens with zero attached hydrogens (tertiary/aromatic N) is 2. The summed E-state index contributed by atoms with van der Waals surface area (Å²) in [6, 6.07) is 8.41. The minimum atomic E-state index is 0.111. The molecule has 0 bridgehead atoms. The molecule has 0 fully saturated rings. The molecule has 1 aliphatic rings. The predicted octanol–water partition coefficient (Wildman–Crippen LogP) is 1.07. The number of nitrogens with one attached hydrogen (secondary N) is 1. The zero-order valence-corrected chi connectivity index (χ0v) is 11.1. The molecule has 1 aliphatic heterocycles. The van der Waals surface area contributed by atoms with Crippen LogP contribution in [0.3, 0.4) is 0 Å². The van der Waals surface area contributed by atoms with Gasteiger partial charge < -0.3 is 10.2 Å². The summed E-state index contributed by atoms with van der Waals surface area (Å²) in [5.74, 6) is 0.111. The second kappa shape index (κ2) is 5.87. The first-order valence-corrected chi connectivity index (χ1v) is 6.48. The van der Waals surface area contributed by atoms with Crippen LogP contribution in [0.1, 0.15) is 12.5 Å². The molecule has 1 heterocycles. The van der Waals surface area contributed by atoms with Crippen molar-refractivity contribution in [2.45, 2.75) is 13.5 Å². The summed E-state index contributed by atoms with van der Waals surface area (Å²) in [5.41, 5.74) is 2.57. The number of carbonyl (C=O) groups excluding carboxylic acids is 1. The number of benzene rings is 1. The number of fused-ring (bicyclic) bond motifs is 1. The van der Waals surface area contributed by atoms with Gasteiger partial charge in [-0.15, -0.1) is 0 Å². The SMILES string of the molecule is CCNC(=O)CN1CCN(C)c2ccccc2C1. The van der Waals surface area contributed by atoms with Gasteiger partial charge in [0.2, 0.25) is 5.91 Å². The molecule has 0 saturated heterocycles. The molecule has 18 heavy (non-hydrogen) atoms. The Balaban J connectivity index is 2.07. The number of hydrogen-bond acceptors (Lipinski definition) is 3. The van der Waals surface area contributed by atoms with E-state index in [1.54, 1.807) is 0 Å². The number of anilines is 1. The van der Waals surface area contributed by atoms with Crippen molar-refractivity contribution in [3.63, 3.8) is 0 Å². The fourth-order valence-electron chi connectivity index (χ4n) is 2.34. The molecule has 0 aromatic heterocycles. The van der Waals surface area contributed by atoms with Crippen LogP contribution in [0.25, 0.3) is 0 Å². The molecule has 0 spiro atoms. The molecule has 1 aromatic rings. The van der Waals surface area contributed by atoms with Crippen LogP contribution in [-0.4, -0.2) is 44.0 Å². The number of hydrogen-bond donors (Lipinski definition) is 1. The van der Waals surface area contributed by atoms with E-state index in [-0.39, 0.29) is 5.91 Å². The highest BCUT2D eigenvalue weighted by Gasteiger charge is 2.18. The van der Waals surface area contributed by atoms with E-state index < -0.39 is 0 Å². The summed E-state index contributed by atoms with van der Waals surface area (Å²) in [7, 11) is 2.11. The highest BCUT2D eigenvalue weighted by molar-refractivity contribution is 5.78. The van der Waals surface area contributed by atoms with Crippen molar-refractivity contribution in [1.29, 1.82) is 0 Å². The van der Waals surface area contributed by atoms with Crippen molar-refractivity contribution < 1.29 is 4.79 Å². The van der Waals surface area contributed by atoms with Crippen LogP contribution in [0, 0.1) is 0 Å². The van der Waals surface area contributed by atoms with E-state index in [0.717, 1.165) is 19.6 Å². The van der Waals surface area contributed by atoms with Crippen LogP contribution in [-0.2, 0) is 11.3 Å². The van der Waals surface area contributed by atoms with Crippen molar-refractivity contribution in [1.82, 2.24) is 10.2 Å². The molecule has 1 aromatic carbocycles. The van der Waals surface area contributed by atoms with Gasteiger partial charge in [0.05, 0.1) is 6.54 Å². The average molecular weight is 247 g/mol. The van der Waals surface area contributed by atoms with Crippen molar-refractivity contribution in [2.24, 2.45) is 0 Å². The lowest BCUT2D eigenvalue weighted by molar-refractivity contribution is -0.122. The lowest BCUT2D eigenvalue weighted by atomic mass is 10.1. The molecule has 1 amide bonds. The Hall–Kier alpha value is -1.55. The molecule has 0 radical (unpaired) electrons. The highest BCUT2D eigenvalue weighted by Crippen LogP contribution is 2.23. The Morgan fingerprint density at radius 1 is 1.33 bits per heavy atom. The number of likely N-dealkylation sites (N-methyl/N-ethyl adjacent to an activating group) is 2. The topological polar surface area (TPSA) is 35.6 Å². The van der Waals surface area contributed by atoms with Crippen molar-refractivity contribution in [3.05, 3.63) is 29.8 Å². The minimum absolute atomic E-state index is 0.111. The lowest BCUT2D eigenvalue weighted by Gasteiger charge is -2.19. The van der Waals surface area contributed by atoms with Crippen LogP contribution in [0.15, 0.2) is 24.3 Å². The smallest absolute Gasteiger partial charge is 0.234 e. The van der Waals surface area contributed by atoms with E-state index in [2.05, 4.69) is 46.4 Å². The van der Waals surface area contributed by atoms with E-state index in [4.69, 9.17) is 0 Å². The predicted molar refractivity (Wildman–Crippen MR) is 73.7 cm³/mol. The maximum atomic E-state index is 11.7. The maximum absolute atomic E-state index is 11.7. The van der Waals surface area contributed by atoms with Gasteiger partial charge in [-0.2, -0.15) is 0 Å². The van der Waals surface area contributed by atoms with Gasteiger partial charge in [-0.3, -0.25) is 9.69 Å². The van der Waals surface area contributed by atoms with Gasteiger partial charge in [-0.05, 0) is 18.6 Å². The fourth-order valence-corrected chi connectivity index (χ4v) is 2.34. The second-order valence-electron chi connectivity index (χ2n) is 4.71. The van der Waals surface area contributed by atoms with Crippen molar-refractivity contribution in [2.75, 3.05) is 38.1 Å². The Labute approximate surface area is 109 Å². The molecule has 1 N–H and O–H groups in total. The van der Waals surface area contributed by atoms with E-state index >= 15 is 0 Å². The Morgan fingerprint density at radius 3 is 2.89 bits per heavy atom. The van der Waals surface area contributed by atoms with Crippen LogP contribution in [0.5, 0.6) is 0 Å². The van der Waals surface area contributed by atoms with Gasteiger partial charge in [-0.25, -0.2) is 0 Å². The molecule has 4 nitrogen and oxygen atoms in total. The molecule has 2 rings (SSSR count). The Morgan fingerprint density at radius 2 is 2.11 bits per heavy atom. The third-order valence-electron chi connectivity index (χ3n) is 3.29. The molecular weight excluding hydrogens is 226 g/mol. The van der Waals surface area contributed by atoms with E-state index in [0.29, 0.717) is 13.1 Å². The van der Waals surface area contributed by atoms with Gasteiger partial charge in [0, 0.05) is 38.9 Å². The van der Waals surface area contributed by atoms with Gasteiger partial charge in [-0.1, -0.05) is 18.2 Å². The van der Waals surface area contributed by atoms with Gasteiger partial charge in [0.1, 0.15) is 0 Å². The first kappa shape index (κ1) is 12.9. The summed E-state index contributed by atoms with van der Waals surface area (Å²) in [6.07, 6.45) is 0. The number of rotatable bonds is 3. The van der Waals surface area contributed by atoms with Crippen LogP contribution >= 0.6 is 0 Å². The summed E-state index contributed by atoms with van der Waals surface area (Å²) in [6.45, 7) is 5.85. The molecule has 0 unspecified atom stereocenters. The van der Waals surface area contributed by atoms with Gasteiger partial charge >= 0.3 is 0 Å². The van der Waals surface area contributed by atoms with E-state index in [1.165, 1.54) is 11.3 Å². The molecule has 4 heteroatoms. The lowest BCUT2D eigenvalue weighted by Crippen LogP contribution is -2.38. The summed E-state index contributed by atoms with van der Waals surface area (Å²) >= 11 is 0. The average Bonchev–Trinajstić information content (AvgIpc) is 2.50. The number of para-hydroxylation sites is 1. The first-order chi connectivity index (χ1) is 8.70. The fraction of sp³-hybridized carbons (Fsp3) is 0.500.